The number of hydrogen-bond donors (Lipinski definition) is 1. The van der Waals surface area contributed by atoms with Gasteiger partial charge in [0.2, 0.25) is 0 Å². The van der Waals surface area contributed by atoms with Gasteiger partial charge in [0.1, 0.15) is 11.5 Å². The second kappa shape index (κ2) is 10.2. The number of ether oxygens (including phenoxy) is 1. The van der Waals surface area contributed by atoms with E-state index in [1.165, 1.54) is 0 Å². The number of hydrogen-bond acceptors (Lipinski definition) is 5. The van der Waals surface area contributed by atoms with Crippen LogP contribution in [0.1, 0.15) is 36.6 Å². The number of aliphatic hydroxyl groups excluding tert-OH is 1. The average molecular weight is 457 g/mol. The predicted octanol–water partition coefficient (Wildman–Crippen LogP) is 4.42. The van der Waals surface area contributed by atoms with Gasteiger partial charge in [-0.05, 0) is 61.5 Å². The van der Waals surface area contributed by atoms with Crippen LogP contribution in [0.5, 0.6) is 5.75 Å². The van der Waals surface area contributed by atoms with Crippen LogP contribution < -0.4 is 4.74 Å². The Balaban J connectivity index is 2.12. The molecular formula is C25H29ClN2O4. The first-order valence-electron chi connectivity index (χ1n) is 10.7. The molecule has 6 nitrogen and oxygen atoms in total. The summed E-state index contributed by atoms with van der Waals surface area (Å²) in [6, 6.07) is 11.5. The Morgan fingerprint density at radius 1 is 1.12 bits per heavy atom. The maximum Gasteiger partial charge on any atom is 0.295 e. The van der Waals surface area contributed by atoms with Crippen LogP contribution in [0.4, 0.5) is 0 Å². The van der Waals surface area contributed by atoms with E-state index in [1.807, 2.05) is 6.92 Å². The Hall–Kier alpha value is -2.83. The van der Waals surface area contributed by atoms with Crippen LogP contribution in [-0.2, 0) is 9.59 Å². The van der Waals surface area contributed by atoms with Gasteiger partial charge in [0.15, 0.2) is 0 Å². The van der Waals surface area contributed by atoms with Gasteiger partial charge in [0, 0.05) is 23.7 Å². The van der Waals surface area contributed by atoms with Gasteiger partial charge in [-0.1, -0.05) is 37.6 Å². The average Bonchev–Trinajstić information content (AvgIpc) is 3.04. The highest BCUT2D eigenvalue weighted by Gasteiger charge is 2.46. The third-order valence-corrected chi connectivity index (χ3v) is 6.22. The van der Waals surface area contributed by atoms with Crippen LogP contribution >= 0.6 is 11.6 Å². The topological polar surface area (TPSA) is 70.1 Å². The lowest BCUT2D eigenvalue weighted by molar-refractivity contribution is -0.140. The van der Waals surface area contributed by atoms with Crippen LogP contribution in [0.2, 0.25) is 5.02 Å². The summed E-state index contributed by atoms with van der Waals surface area (Å²) in [5.74, 6) is -0.830. The lowest BCUT2D eigenvalue weighted by Gasteiger charge is -2.28. The van der Waals surface area contributed by atoms with Gasteiger partial charge in [-0.2, -0.15) is 0 Å². The number of benzene rings is 2. The van der Waals surface area contributed by atoms with Crippen LogP contribution in [-0.4, -0.2) is 59.9 Å². The number of aryl methyl sites for hydroxylation is 1. The van der Waals surface area contributed by atoms with Crippen molar-refractivity contribution in [3.8, 4) is 5.75 Å². The van der Waals surface area contributed by atoms with Gasteiger partial charge in [-0.3, -0.25) is 9.59 Å². The number of ketones is 1. The molecule has 0 bridgehead atoms. The highest BCUT2D eigenvalue weighted by Crippen LogP contribution is 2.40. The van der Waals surface area contributed by atoms with E-state index in [2.05, 4.69) is 18.7 Å². The van der Waals surface area contributed by atoms with Crippen LogP contribution in [0.3, 0.4) is 0 Å². The van der Waals surface area contributed by atoms with Gasteiger partial charge in [0.05, 0.1) is 18.7 Å². The molecule has 1 atom stereocenters. The molecule has 1 aliphatic heterocycles. The summed E-state index contributed by atoms with van der Waals surface area (Å²) in [4.78, 5) is 29.9. The van der Waals surface area contributed by atoms with Gasteiger partial charge in [0.25, 0.3) is 11.7 Å². The van der Waals surface area contributed by atoms with Crippen molar-refractivity contribution >= 4 is 29.1 Å². The standard InChI is InChI=1S/C25H29ClN2O4/c1-5-27(6-2)13-14-28-22(17-7-9-18(26)10-8-17)21(24(30)25(28)31)23(29)20-12-11-19(32-4)15-16(20)3/h7-12,15,22,29H,5-6,13-14H2,1-4H3/b23-21+/t22-/m1/s1. The number of Topliss-reactive ketones (excluding diaryl/α,β-unsaturated/α-hetero) is 1. The van der Waals surface area contributed by atoms with Crippen molar-refractivity contribution < 1.29 is 19.4 Å². The predicted molar refractivity (Wildman–Crippen MR) is 126 cm³/mol. The monoisotopic (exact) mass is 456 g/mol. The zero-order valence-corrected chi connectivity index (χ0v) is 19.6. The first kappa shape index (κ1) is 23.8. The fraction of sp³-hybridized carbons (Fsp3) is 0.360. The third-order valence-electron chi connectivity index (χ3n) is 5.97. The molecule has 32 heavy (non-hydrogen) atoms. The molecule has 1 N–H and O–H groups in total. The first-order chi connectivity index (χ1) is 15.3. The van der Waals surface area contributed by atoms with E-state index in [4.69, 9.17) is 16.3 Å². The van der Waals surface area contributed by atoms with Crippen molar-refractivity contribution in [2.75, 3.05) is 33.3 Å². The number of likely N-dealkylation sites (tertiary alicyclic amines) is 1. The second-order valence-electron chi connectivity index (χ2n) is 7.75. The van der Waals surface area contributed by atoms with Gasteiger partial charge in [-0.25, -0.2) is 0 Å². The number of methoxy groups -OCH3 is 1. The highest BCUT2D eigenvalue weighted by molar-refractivity contribution is 6.46. The molecule has 0 aliphatic carbocycles. The summed E-state index contributed by atoms with van der Waals surface area (Å²) in [6.45, 7) is 8.63. The Bertz CT molecular complexity index is 1030. The Morgan fingerprint density at radius 2 is 1.78 bits per heavy atom. The number of carbonyl (C=O) groups excluding carboxylic acids is 2. The molecule has 2 aromatic rings. The third kappa shape index (κ3) is 4.66. The van der Waals surface area contributed by atoms with Gasteiger partial charge < -0.3 is 19.6 Å². The quantitative estimate of drug-likeness (QED) is 0.361. The van der Waals surface area contributed by atoms with Crippen LogP contribution in [0, 0.1) is 6.92 Å². The lowest BCUT2D eigenvalue weighted by atomic mass is 9.94. The number of halogens is 1. The van der Waals surface area contributed by atoms with Crippen molar-refractivity contribution in [3.05, 3.63) is 69.8 Å². The molecule has 1 saturated heterocycles. The fourth-order valence-electron chi connectivity index (χ4n) is 4.07. The Labute approximate surface area is 194 Å². The minimum Gasteiger partial charge on any atom is -0.507 e. The summed E-state index contributed by atoms with van der Waals surface area (Å²) >= 11 is 6.07. The van der Waals surface area contributed by atoms with E-state index >= 15 is 0 Å². The van der Waals surface area contributed by atoms with Crippen molar-refractivity contribution in [1.82, 2.24) is 9.80 Å². The van der Waals surface area contributed by atoms with E-state index in [0.717, 1.165) is 24.2 Å². The van der Waals surface area contributed by atoms with E-state index in [1.54, 1.807) is 54.5 Å². The lowest BCUT2D eigenvalue weighted by Crippen LogP contribution is -2.38. The summed E-state index contributed by atoms with van der Waals surface area (Å²) in [5.41, 5.74) is 2.04. The molecule has 170 valence electrons. The molecule has 0 aromatic heterocycles. The molecule has 7 heteroatoms. The zero-order valence-electron chi connectivity index (χ0n) is 18.9. The SMILES string of the molecule is CCN(CC)CCN1C(=O)C(=O)/C(=C(/O)c2ccc(OC)cc2C)[C@H]1c1ccc(Cl)cc1. The number of nitrogens with zero attached hydrogens (tertiary/aromatic N) is 2. The van der Waals surface area contributed by atoms with E-state index in [9.17, 15) is 14.7 Å². The number of carbonyl (C=O) groups is 2. The van der Waals surface area contributed by atoms with Crippen molar-refractivity contribution in [2.24, 2.45) is 0 Å². The Kier molecular flexibility index (Phi) is 7.59. The molecule has 0 saturated carbocycles. The maximum atomic E-state index is 13.1. The molecule has 0 unspecified atom stereocenters. The summed E-state index contributed by atoms with van der Waals surface area (Å²) < 4.78 is 5.24. The van der Waals surface area contributed by atoms with Crippen molar-refractivity contribution in [1.29, 1.82) is 0 Å². The smallest absolute Gasteiger partial charge is 0.295 e. The van der Waals surface area contributed by atoms with E-state index in [0.29, 0.717) is 29.4 Å². The summed E-state index contributed by atoms with van der Waals surface area (Å²) in [6.07, 6.45) is 0. The van der Waals surface area contributed by atoms with E-state index in [-0.39, 0.29) is 11.3 Å². The zero-order chi connectivity index (χ0) is 23.4. The second-order valence-corrected chi connectivity index (χ2v) is 8.19. The number of amides is 1. The number of rotatable bonds is 8. The molecule has 2 aromatic carbocycles. The number of likely N-dealkylation sites (N-methyl/N-ethyl adjacent to an activating group) is 1. The molecule has 1 amide bonds. The van der Waals surface area contributed by atoms with Crippen LogP contribution in [0.25, 0.3) is 5.76 Å². The Morgan fingerprint density at radius 3 is 2.34 bits per heavy atom. The maximum absolute atomic E-state index is 13.1. The molecule has 0 spiro atoms. The van der Waals surface area contributed by atoms with Crippen molar-refractivity contribution in [3.63, 3.8) is 0 Å². The molecule has 1 aliphatic rings. The van der Waals surface area contributed by atoms with Gasteiger partial charge >= 0.3 is 0 Å². The van der Waals surface area contributed by atoms with Gasteiger partial charge in [-0.15, -0.1) is 0 Å². The number of aliphatic hydroxyl groups is 1. The summed E-state index contributed by atoms with van der Waals surface area (Å²) in [5, 5.41) is 11.8. The normalized spacial score (nSPS) is 17.9. The minimum absolute atomic E-state index is 0.0881. The largest absolute Gasteiger partial charge is 0.507 e. The molecule has 1 heterocycles. The minimum atomic E-state index is -0.690. The molecule has 1 fully saturated rings. The van der Waals surface area contributed by atoms with Crippen LogP contribution in [0.15, 0.2) is 48.0 Å². The molecule has 0 radical (unpaired) electrons. The van der Waals surface area contributed by atoms with E-state index < -0.39 is 17.7 Å². The first-order valence-corrected chi connectivity index (χ1v) is 11.1. The fourth-order valence-corrected chi connectivity index (χ4v) is 4.19. The molecule has 3 rings (SSSR count). The summed E-state index contributed by atoms with van der Waals surface area (Å²) in [7, 11) is 1.57. The molecular weight excluding hydrogens is 428 g/mol. The highest BCUT2D eigenvalue weighted by atomic mass is 35.5. The van der Waals surface area contributed by atoms with Crippen molar-refractivity contribution in [2.45, 2.75) is 26.8 Å².